The number of fused-ring (bicyclic) bond motifs is 1. The van der Waals surface area contributed by atoms with E-state index in [1.165, 1.54) is 49.5 Å². The van der Waals surface area contributed by atoms with Gasteiger partial charge in [0, 0.05) is 13.1 Å². The van der Waals surface area contributed by atoms with Crippen LogP contribution in [0.2, 0.25) is 0 Å². The number of nitrogens with one attached hydrogen (secondary N) is 1. The summed E-state index contributed by atoms with van der Waals surface area (Å²) in [6.45, 7) is 4.66. The molecule has 0 aromatic heterocycles. The van der Waals surface area contributed by atoms with Crippen LogP contribution in [0, 0.1) is 6.04 Å². The summed E-state index contributed by atoms with van der Waals surface area (Å²) in [5.74, 6) is 0. The number of benzene rings is 1. The zero-order chi connectivity index (χ0) is 10.8. The van der Waals surface area contributed by atoms with E-state index in [4.69, 9.17) is 0 Å². The van der Waals surface area contributed by atoms with Gasteiger partial charge in [-0.1, -0.05) is 30.7 Å². The van der Waals surface area contributed by atoms with Crippen molar-refractivity contribution in [2.75, 3.05) is 19.6 Å². The summed E-state index contributed by atoms with van der Waals surface area (Å²) >= 11 is 0. The monoisotopic (exact) mass is 215 g/mol. The Morgan fingerprint density at radius 2 is 1.88 bits per heavy atom. The number of rotatable bonds is 2. The molecule has 1 radical (unpaired) electrons. The van der Waals surface area contributed by atoms with E-state index in [0.29, 0.717) is 0 Å². The molecule has 16 heavy (non-hydrogen) atoms. The van der Waals surface area contributed by atoms with Crippen molar-refractivity contribution in [3.05, 3.63) is 41.4 Å². The third-order valence-electron chi connectivity index (χ3n) is 3.67. The van der Waals surface area contributed by atoms with Crippen LogP contribution in [0.1, 0.15) is 30.4 Å². The minimum absolute atomic E-state index is 1.01. The summed E-state index contributed by atoms with van der Waals surface area (Å²) in [4.78, 5) is 2.58. The molecule has 0 aliphatic carbocycles. The summed E-state index contributed by atoms with van der Waals surface area (Å²) in [7, 11) is 0. The van der Waals surface area contributed by atoms with Gasteiger partial charge in [0.2, 0.25) is 0 Å². The van der Waals surface area contributed by atoms with E-state index in [-0.39, 0.29) is 0 Å². The van der Waals surface area contributed by atoms with Gasteiger partial charge in [-0.15, -0.1) is 0 Å². The minimum Gasteiger partial charge on any atom is -0.301 e. The van der Waals surface area contributed by atoms with E-state index in [2.05, 4.69) is 34.5 Å². The van der Waals surface area contributed by atoms with Gasteiger partial charge in [0.1, 0.15) is 0 Å². The van der Waals surface area contributed by atoms with Gasteiger partial charge in [-0.25, -0.2) is 0 Å². The van der Waals surface area contributed by atoms with Crippen LogP contribution in [0.3, 0.4) is 0 Å². The van der Waals surface area contributed by atoms with Crippen molar-refractivity contribution in [3.63, 3.8) is 0 Å². The quantitative estimate of drug-likeness (QED) is 0.813. The molecule has 2 aliphatic heterocycles. The zero-order valence-electron chi connectivity index (χ0n) is 9.71. The molecule has 2 heteroatoms. The second-order valence-corrected chi connectivity index (χ2v) is 4.83. The van der Waals surface area contributed by atoms with Gasteiger partial charge >= 0.3 is 0 Å². The first kappa shape index (κ1) is 10.3. The van der Waals surface area contributed by atoms with Crippen LogP contribution in [0.5, 0.6) is 0 Å². The maximum Gasteiger partial charge on any atom is 0.0809 e. The molecule has 0 spiro atoms. The lowest BCUT2D eigenvalue weighted by molar-refractivity contribution is 0.234. The maximum absolute atomic E-state index is 3.54. The fraction of sp³-hybridized carbons (Fsp3) is 0.500. The number of hydrogen-bond donors (Lipinski definition) is 1. The molecular weight excluding hydrogens is 196 g/mol. The van der Waals surface area contributed by atoms with Crippen LogP contribution in [-0.2, 0) is 6.54 Å². The van der Waals surface area contributed by atoms with Gasteiger partial charge < -0.3 is 10.2 Å². The first-order valence-electron chi connectivity index (χ1n) is 6.34. The molecule has 0 atom stereocenters. The molecule has 85 valence electrons. The molecule has 2 aliphatic rings. The van der Waals surface area contributed by atoms with Crippen molar-refractivity contribution < 1.29 is 0 Å². The third-order valence-corrected chi connectivity index (χ3v) is 3.67. The molecular formula is C14H19N2. The highest BCUT2D eigenvalue weighted by Crippen LogP contribution is 2.25. The minimum atomic E-state index is 1.01. The van der Waals surface area contributed by atoms with E-state index in [1.54, 1.807) is 0 Å². The van der Waals surface area contributed by atoms with Crippen molar-refractivity contribution >= 4 is 0 Å². The molecule has 0 amide bonds. The molecule has 3 rings (SSSR count). The summed E-state index contributed by atoms with van der Waals surface area (Å²) in [5, 5.41) is 3.54. The third kappa shape index (κ3) is 2.00. The summed E-state index contributed by atoms with van der Waals surface area (Å²) in [6, 6.07) is 10.2. The Balaban J connectivity index is 1.68. The topological polar surface area (TPSA) is 15.3 Å². The van der Waals surface area contributed by atoms with Crippen molar-refractivity contribution in [2.24, 2.45) is 0 Å². The van der Waals surface area contributed by atoms with Crippen molar-refractivity contribution in [1.82, 2.24) is 10.2 Å². The van der Waals surface area contributed by atoms with Crippen molar-refractivity contribution in [3.8, 4) is 0 Å². The molecule has 0 saturated carbocycles. The molecule has 2 nitrogen and oxygen atoms in total. The Bertz CT molecular complexity index is 356. The molecule has 1 saturated heterocycles. The molecule has 1 aromatic carbocycles. The van der Waals surface area contributed by atoms with E-state index in [9.17, 15) is 0 Å². The first-order chi connectivity index (χ1) is 7.93. The Hall–Kier alpha value is -0.860. The second-order valence-electron chi connectivity index (χ2n) is 4.83. The van der Waals surface area contributed by atoms with Gasteiger partial charge in [0.15, 0.2) is 0 Å². The van der Waals surface area contributed by atoms with Crippen LogP contribution < -0.4 is 5.32 Å². The van der Waals surface area contributed by atoms with Gasteiger partial charge in [-0.05, 0) is 37.1 Å². The van der Waals surface area contributed by atoms with Crippen molar-refractivity contribution in [1.29, 1.82) is 0 Å². The lowest BCUT2D eigenvalue weighted by Crippen LogP contribution is -2.36. The van der Waals surface area contributed by atoms with Gasteiger partial charge in [-0.2, -0.15) is 0 Å². The van der Waals surface area contributed by atoms with Crippen LogP contribution in [0.25, 0.3) is 0 Å². The van der Waals surface area contributed by atoms with Gasteiger partial charge in [-0.3, -0.25) is 0 Å². The number of nitrogens with zero attached hydrogens (tertiary/aromatic N) is 1. The highest BCUT2D eigenvalue weighted by molar-refractivity contribution is 5.42. The normalized spacial score (nSPS) is 22.2. The predicted octanol–water partition coefficient (Wildman–Crippen LogP) is 2.16. The Morgan fingerprint density at radius 3 is 2.75 bits per heavy atom. The SMILES string of the molecule is c1ccc2c(c1)CN[C]2CN1CCCCC1. The predicted molar refractivity (Wildman–Crippen MR) is 65.9 cm³/mol. The van der Waals surface area contributed by atoms with Crippen LogP contribution in [-0.4, -0.2) is 24.5 Å². The van der Waals surface area contributed by atoms with Gasteiger partial charge in [0.25, 0.3) is 0 Å². The summed E-state index contributed by atoms with van der Waals surface area (Å²) < 4.78 is 0. The fourth-order valence-corrected chi connectivity index (χ4v) is 2.75. The average molecular weight is 215 g/mol. The Kier molecular flexibility index (Phi) is 2.94. The maximum atomic E-state index is 3.54. The van der Waals surface area contributed by atoms with Crippen LogP contribution >= 0.6 is 0 Å². The summed E-state index contributed by atoms with van der Waals surface area (Å²) in [5.41, 5.74) is 2.89. The average Bonchev–Trinajstić information content (AvgIpc) is 2.74. The molecule has 0 bridgehead atoms. The molecule has 0 unspecified atom stereocenters. The van der Waals surface area contributed by atoms with Crippen molar-refractivity contribution in [2.45, 2.75) is 25.8 Å². The standard InChI is InChI=1S/C14H19N2/c1-4-8-16(9-5-1)11-14-13-7-3-2-6-12(13)10-15-14/h2-3,6-7,15H,1,4-5,8-11H2. The second kappa shape index (κ2) is 4.56. The highest BCUT2D eigenvalue weighted by atomic mass is 15.2. The highest BCUT2D eigenvalue weighted by Gasteiger charge is 2.24. The van der Waals surface area contributed by atoms with E-state index < -0.39 is 0 Å². The smallest absolute Gasteiger partial charge is 0.0809 e. The number of piperidine rings is 1. The van der Waals surface area contributed by atoms with Gasteiger partial charge in [0.05, 0.1) is 6.04 Å². The largest absolute Gasteiger partial charge is 0.301 e. The number of hydrogen-bond acceptors (Lipinski definition) is 2. The zero-order valence-corrected chi connectivity index (χ0v) is 9.71. The van der Waals surface area contributed by atoms with E-state index in [1.807, 2.05) is 0 Å². The molecule has 2 heterocycles. The lowest BCUT2D eigenvalue weighted by Gasteiger charge is -2.28. The first-order valence-corrected chi connectivity index (χ1v) is 6.34. The Morgan fingerprint density at radius 1 is 1.06 bits per heavy atom. The van der Waals surface area contributed by atoms with Crippen LogP contribution in [0.15, 0.2) is 24.3 Å². The molecule has 1 aromatic rings. The fourth-order valence-electron chi connectivity index (χ4n) is 2.75. The molecule has 1 N–H and O–H groups in total. The van der Waals surface area contributed by atoms with E-state index in [0.717, 1.165) is 13.1 Å². The summed E-state index contributed by atoms with van der Waals surface area (Å²) in [6.07, 6.45) is 4.15. The van der Waals surface area contributed by atoms with Crippen LogP contribution in [0.4, 0.5) is 0 Å². The number of likely N-dealkylation sites (tertiary alicyclic amines) is 1. The molecule has 1 fully saturated rings. The Labute approximate surface area is 97.6 Å². The lowest BCUT2D eigenvalue weighted by atomic mass is 10.0. The van der Waals surface area contributed by atoms with E-state index >= 15 is 0 Å².